The van der Waals surface area contributed by atoms with Crippen LogP contribution in [0.2, 0.25) is 0 Å². The summed E-state index contributed by atoms with van der Waals surface area (Å²) < 4.78 is 7.26. The largest absolute Gasteiger partial charge is 0.443 e. The number of rotatable bonds is 3. The van der Waals surface area contributed by atoms with Gasteiger partial charge in [-0.05, 0) is 24.3 Å². The average molecular weight is 367 g/mol. The van der Waals surface area contributed by atoms with Crippen LogP contribution in [0.5, 0.6) is 0 Å². The first-order valence-corrected chi connectivity index (χ1v) is 8.71. The molecule has 8 heteroatoms. The molecule has 0 radical (unpaired) electrons. The summed E-state index contributed by atoms with van der Waals surface area (Å²) in [6.45, 7) is 0. The summed E-state index contributed by atoms with van der Waals surface area (Å²) in [5, 5.41) is 11.5. The lowest BCUT2D eigenvalue weighted by Gasteiger charge is -2.10. The molecule has 0 aliphatic rings. The topological polar surface area (TPSA) is 96.9 Å². The Balaban J connectivity index is 1.48. The summed E-state index contributed by atoms with van der Waals surface area (Å²) in [6, 6.07) is 11.8. The van der Waals surface area contributed by atoms with Crippen molar-refractivity contribution in [2.24, 2.45) is 0 Å². The Bertz CT molecular complexity index is 1460. The van der Waals surface area contributed by atoms with Crippen LogP contribution < -0.4 is 5.32 Å². The molecule has 0 amide bonds. The van der Waals surface area contributed by atoms with Crippen molar-refractivity contribution in [3.8, 4) is 11.3 Å². The summed E-state index contributed by atoms with van der Waals surface area (Å²) in [7, 11) is 0. The molecule has 6 aromatic rings. The van der Waals surface area contributed by atoms with Gasteiger partial charge in [0.2, 0.25) is 0 Å². The van der Waals surface area contributed by atoms with Crippen molar-refractivity contribution in [3.63, 3.8) is 0 Å². The third kappa shape index (κ3) is 2.32. The van der Waals surface area contributed by atoms with Gasteiger partial charge < -0.3 is 14.1 Å². The van der Waals surface area contributed by atoms with Gasteiger partial charge in [0.1, 0.15) is 5.52 Å². The standard InChI is InChI=1S/C20H13N7O/c1-2-13-9-23-26-15(13)7-12(1)17-10-27-6-5-21-20(27)19(25-17)24-14-3-4-18-16(8-14)22-11-28-18/h1-11H,(H,23,26)(H,24,25). The van der Waals surface area contributed by atoms with Crippen molar-refractivity contribution in [1.29, 1.82) is 0 Å². The number of hydrogen-bond donors (Lipinski definition) is 2. The molecule has 2 aromatic carbocycles. The molecule has 0 fully saturated rings. The highest BCUT2D eigenvalue weighted by molar-refractivity contribution is 5.84. The molecule has 0 aliphatic carbocycles. The van der Waals surface area contributed by atoms with Gasteiger partial charge in [0.15, 0.2) is 23.4 Å². The van der Waals surface area contributed by atoms with E-state index in [2.05, 4.69) is 25.5 Å². The smallest absolute Gasteiger partial charge is 0.181 e. The molecule has 0 saturated carbocycles. The number of imidazole rings is 1. The highest BCUT2D eigenvalue weighted by atomic mass is 16.3. The van der Waals surface area contributed by atoms with Crippen LogP contribution >= 0.6 is 0 Å². The van der Waals surface area contributed by atoms with E-state index < -0.39 is 0 Å². The Hall–Kier alpha value is -4.20. The maximum atomic E-state index is 5.31. The van der Waals surface area contributed by atoms with Gasteiger partial charge >= 0.3 is 0 Å². The van der Waals surface area contributed by atoms with Crippen LogP contribution in [-0.4, -0.2) is 29.5 Å². The predicted octanol–water partition coefficient (Wildman–Crippen LogP) is 4.16. The number of nitrogens with zero attached hydrogens (tertiary/aromatic N) is 5. The van der Waals surface area contributed by atoms with Crippen LogP contribution in [0.1, 0.15) is 0 Å². The number of benzene rings is 2. The van der Waals surface area contributed by atoms with E-state index >= 15 is 0 Å². The Morgan fingerprint density at radius 2 is 2.07 bits per heavy atom. The number of hydrogen-bond acceptors (Lipinski definition) is 6. The van der Waals surface area contributed by atoms with E-state index in [-0.39, 0.29) is 0 Å². The molecule has 0 aliphatic heterocycles. The van der Waals surface area contributed by atoms with Crippen LogP contribution in [0.25, 0.3) is 38.9 Å². The fourth-order valence-corrected chi connectivity index (χ4v) is 3.32. The Kier molecular flexibility index (Phi) is 3.01. The zero-order valence-electron chi connectivity index (χ0n) is 14.5. The molecule has 4 aromatic heterocycles. The van der Waals surface area contributed by atoms with Crippen LogP contribution in [-0.2, 0) is 0 Å². The van der Waals surface area contributed by atoms with Crippen molar-refractivity contribution in [3.05, 3.63) is 67.6 Å². The Morgan fingerprint density at radius 3 is 3.07 bits per heavy atom. The molecule has 0 saturated heterocycles. The van der Waals surface area contributed by atoms with E-state index in [1.807, 2.05) is 53.2 Å². The Morgan fingerprint density at radius 1 is 1.07 bits per heavy atom. The molecule has 0 bridgehead atoms. The van der Waals surface area contributed by atoms with E-state index in [1.165, 1.54) is 6.39 Å². The van der Waals surface area contributed by atoms with Crippen molar-refractivity contribution in [1.82, 2.24) is 29.5 Å². The van der Waals surface area contributed by atoms with E-state index in [1.54, 1.807) is 12.4 Å². The second kappa shape index (κ2) is 5.65. The highest BCUT2D eigenvalue weighted by Gasteiger charge is 2.11. The maximum Gasteiger partial charge on any atom is 0.181 e. The van der Waals surface area contributed by atoms with Gasteiger partial charge in [0, 0.05) is 35.2 Å². The lowest BCUT2D eigenvalue weighted by atomic mass is 10.1. The first kappa shape index (κ1) is 14.9. The molecule has 8 nitrogen and oxygen atoms in total. The van der Waals surface area contributed by atoms with Crippen molar-refractivity contribution >= 4 is 39.2 Å². The SMILES string of the molecule is c1cn2cc(-c3ccc4cn[nH]c4c3)nc(Nc3ccc4ocnc4c3)c2n1. The molecule has 134 valence electrons. The van der Waals surface area contributed by atoms with Crippen molar-refractivity contribution < 1.29 is 4.42 Å². The molecule has 28 heavy (non-hydrogen) atoms. The summed E-state index contributed by atoms with van der Waals surface area (Å²) in [5.74, 6) is 0.662. The van der Waals surface area contributed by atoms with Crippen LogP contribution in [0.3, 0.4) is 0 Å². The second-order valence-corrected chi connectivity index (χ2v) is 6.46. The third-order valence-electron chi connectivity index (χ3n) is 4.70. The molecule has 0 unspecified atom stereocenters. The zero-order chi connectivity index (χ0) is 18.5. The number of H-pyrrole nitrogens is 1. The first-order valence-electron chi connectivity index (χ1n) is 8.71. The summed E-state index contributed by atoms with van der Waals surface area (Å²) in [6.07, 6.45) is 8.86. The van der Waals surface area contributed by atoms with Crippen LogP contribution in [0.15, 0.2) is 72.0 Å². The number of aromatic amines is 1. The number of nitrogens with one attached hydrogen (secondary N) is 2. The number of aromatic nitrogens is 6. The minimum absolute atomic E-state index is 0.662. The van der Waals surface area contributed by atoms with Gasteiger partial charge in [-0.25, -0.2) is 15.0 Å². The summed E-state index contributed by atoms with van der Waals surface area (Å²) >= 11 is 0. The normalized spacial score (nSPS) is 11.6. The van der Waals surface area contributed by atoms with E-state index in [0.29, 0.717) is 5.82 Å². The minimum Gasteiger partial charge on any atom is -0.443 e. The molecule has 0 atom stereocenters. The fraction of sp³-hybridized carbons (Fsp3) is 0. The summed E-state index contributed by atoms with van der Waals surface area (Å²) in [4.78, 5) is 13.5. The van der Waals surface area contributed by atoms with Gasteiger partial charge in [0.25, 0.3) is 0 Å². The second-order valence-electron chi connectivity index (χ2n) is 6.46. The van der Waals surface area contributed by atoms with Gasteiger partial charge in [-0.2, -0.15) is 5.10 Å². The Labute approximate surface area is 157 Å². The van der Waals surface area contributed by atoms with E-state index in [4.69, 9.17) is 9.40 Å². The zero-order valence-corrected chi connectivity index (χ0v) is 14.5. The van der Waals surface area contributed by atoms with E-state index in [9.17, 15) is 0 Å². The van der Waals surface area contributed by atoms with Crippen LogP contribution in [0, 0.1) is 0 Å². The van der Waals surface area contributed by atoms with Gasteiger partial charge in [-0.3, -0.25) is 5.10 Å². The van der Waals surface area contributed by atoms with Crippen LogP contribution in [0.4, 0.5) is 11.5 Å². The average Bonchev–Trinajstić information content (AvgIpc) is 3.46. The number of oxazole rings is 1. The van der Waals surface area contributed by atoms with Crippen molar-refractivity contribution in [2.75, 3.05) is 5.32 Å². The lowest BCUT2D eigenvalue weighted by molar-refractivity contribution is 0.602. The molecular weight excluding hydrogens is 354 g/mol. The fourth-order valence-electron chi connectivity index (χ4n) is 3.32. The van der Waals surface area contributed by atoms with E-state index in [0.717, 1.165) is 44.6 Å². The first-order chi connectivity index (χ1) is 13.8. The summed E-state index contributed by atoms with van der Waals surface area (Å²) in [5.41, 5.74) is 5.91. The molecular formula is C20H13N7O. The molecule has 2 N–H and O–H groups in total. The van der Waals surface area contributed by atoms with Gasteiger partial charge in [-0.1, -0.05) is 12.1 Å². The van der Waals surface area contributed by atoms with Gasteiger partial charge in [-0.15, -0.1) is 0 Å². The molecule has 0 spiro atoms. The minimum atomic E-state index is 0.662. The maximum absolute atomic E-state index is 5.31. The monoisotopic (exact) mass is 367 g/mol. The quantitative estimate of drug-likeness (QED) is 0.487. The predicted molar refractivity (Wildman–Crippen MR) is 105 cm³/mol. The lowest BCUT2D eigenvalue weighted by Crippen LogP contribution is -2.00. The molecule has 4 heterocycles. The number of anilines is 2. The van der Waals surface area contributed by atoms with Crippen molar-refractivity contribution in [2.45, 2.75) is 0 Å². The molecule has 6 rings (SSSR count). The third-order valence-corrected chi connectivity index (χ3v) is 4.70. The number of fused-ring (bicyclic) bond motifs is 3. The van der Waals surface area contributed by atoms with Gasteiger partial charge in [0.05, 0.1) is 17.4 Å². The highest BCUT2D eigenvalue weighted by Crippen LogP contribution is 2.27.